The van der Waals surface area contributed by atoms with E-state index < -0.39 is 0 Å². The van der Waals surface area contributed by atoms with E-state index in [2.05, 4.69) is 10.5 Å². The molecule has 0 aliphatic heterocycles. The Bertz CT molecular complexity index is 700. The SMILES string of the molecule is CCC(CCO)CNC(=O)c1cc(COc2ccc(O)c(O)c2)on1. The van der Waals surface area contributed by atoms with Crippen molar-refractivity contribution < 1.29 is 29.4 Å². The average Bonchev–Trinajstić information content (AvgIpc) is 3.08. The number of carbonyl (C=O) groups excluding carboxylic acids is 1. The summed E-state index contributed by atoms with van der Waals surface area (Å²) in [6, 6.07) is 5.54. The number of aliphatic hydroxyl groups excluding tert-OH is 1. The number of nitrogens with zero attached hydrogens (tertiary/aromatic N) is 1. The number of carbonyl (C=O) groups is 1. The number of amides is 1. The van der Waals surface area contributed by atoms with Gasteiger partial charge in [-0.15, -0.1) is 0 Å². The van der Waals surface area contributed by atoms with Gasteiger partial charge in [-0.05, 0) is 24.5 Å². The largest absolute Gasteiger partial charge is 0.504 e. The molecule has 0 aliphatic rings. The molecular formula is C17H22N2O6. The van der Waals surface area contributed by atoms with E-state index in [0.29, 0.717) is 24.5 Å². The summed E-state index contributed by atoms with van der Waals surface area (Å²) in [5.74, 6) is 0.0214. The molecule has 0 radical (unpaired) electrons. The third-order valence-corrected chi connectivity index (χ3v) is 3.79. The number of nitrogens with one attached hydrogen (secondary N) is 1. The van der Waals surface area contributed by atoms with Gasteiger partial charge in [0.2, 0.25) is 0 Å². The lowest BCUT2D eigenvalue weighted by Crippen LogP contribution is -2.29. The molecule has 0 saturated carbocycles. The molecule has 1 unspecified atom stereocenters. The molecule has 1 aromatic carbocycles. The molecule has 136 valence electrons. The normalized spacial score (nSPS) is 11.9. The third kappa shape index (κ3) is 5.39. The highest BCUT2D eigenvalue weighted by Gasteiger charge is 2.15. The average molecular weight is 350 g/mol. The first-order valence-corrected chi connectivity index (χ1v) is 8.03. The van der Waals surface area contributed by atoms with Gasteiger partial charge >= 0.3 is 0 Å². The number of rotatable bonds is 9. The van der Waals surface area contributed by atoms with E-state index in [1.807, 2.05) is 6.92 Å². The number of benzene rings is 1. The molecule has 1 amide bonds. The Balaban J connectivity index is 1.86. The van der Waals surface area contributed by atoms with Crippen molar-refractivity contribution in [1.82, 2.24) is 10.5 Å². The Hall–Kier alpha value is -2.74. The van der Waals surface area contributed by atoms with Crippen LogP contribution in [-0.2, 0) is 6.61 Å². The zero-order valence-electron chi connectivity index (χ0n) is 13.9. The fourth-order valence-corrected chi connectivity index (χ4v) is 2.20. The van der Waals surface area contributed by atoms with E-state index in [9.17, 15) is 15.0 Å². The van der Waals surface area contributed by atoms with Crippen molar-refractivity contribution in [3.8, 4) is 17.2 Å². The standard InChI is InChI=1S/C17H22N2O6/c1-2-11(5-6-20)9-18-17(23)14-7-13(25-19-14)10-24-12-3-4-15(21)16(22)8-12/h3-4,7-8,11,20-22H,2,5-6,9-10H2,1H3,(H,18,23). The molecule has 4 N–H and O–H groups in total. The molecule has 8 heteroatoms. The Morgan fingerprint density at radius 2 is 2.12 bits per heavy atom. The lowest BCUT2D eigenvalue weighted by molar-refractivity contribution is 0.0934. The van der Waals surface area contributed by atoms with Crippen molar-refractivity contribution in [2.75, 3.05) is 13.2 Å². The maximum Gasteiger partial charge on any atom is 0.273 e. The molecule has 0 bridgehead atoms. The monoisotopic (exact) mass is 350 g/mol. The smallest absolute Gasteiger partial charge is 0.273 e. The van der Waals surface area contributed by atoms with Crippen LogP contribution in [0.2, 0.25) is 0 Å². The van der Waals surface area contributed by atoms with Crippen LogP contribution in [0.4, 0.5) is 0 Å². The quantitative estimate of drug-likeness (QED) is 0.508. The summed E-state index contributed by atoms with van der Waals surface area (Å²) in [7, 11) is 0. The van der Waals surface area contributed by atoms with Gasteiger partial charge in [-0.1, -0.05) is 18.5 Å². The highest BCUT2D eigenvalue weighted by molar-refractivity contribution is 5.92. The van der Waals surface area contributed by atoms with Crippen LogP contribution in [0.5, 0.6) is 17.2 Å². The van der Waals surface area contributed by atoms with Crippen molar-refractivity contribution >= 4 is 5.91 Å². The summed E-state index contributed by atoms with van der Waals surface area (Å²) >= 11 is 0. The topological polar surface area (TPSA) is 125 Å². The highest BCUT2D eigenvalue weighted by atomic mass is 16.5. The van der Waals surface area contributed by atoms with Crippen molar-refractivity contribution in [2.45, 2.75) is 26.4 Å². The Morgan fingerprint density at radius 1 is 1.32 bits per heavy atom. The lowest BCUT2D eigenvalue weighted by Gasteiger charge is -2.13. The minimum absolute atomic E-state index is 0.0204. The van der Waals surface area contributed by atoms with E-state index in [-0.39, 0.29) is 42.2 Å². The number of aromatic nitrogens is 1. The van der Waals surface area contributed by atoms with Gasteiger partial charge in [-0.2, -0.15) is 0 Å². The minimum Gasteiger partial charge on any atom is -0.504 e. The number of ether oxygens (including phenoxy) is 1. The van der Waals surface area contributed by atoms with Gasteiger partial charge < -0.3 is 29.9 Å². The maximum absolute atomic E-state index is 12.0. The van der Waals surface area contributed by atoms with Crippen LogP contribution in [0, 0.1) is 5.92 Å². The van der Waals surface area contributed by atoms with Crippen molar-refractivity contribution in [2.24, 2.45) is 5.92 Å². The summed E-state index contributed by atoms with van der Waals surface area (Å²) in [4.78, 5) is 12.0. The van der Waals surface area contributed by atoms with Crippen molar-refractivity contribution in [3.63, 3.8) is 0 Å². The van der Waals surface area contributed by atoms with Gasteiger partial charge in [-0.25, -0.2) is 0 Å². The number of hydrogen-bond donors (Lipinski definition) is 4. The number of phenols is 2. The lowest BCUT2D eigenvalue weighted by atomic mass is 10.0. The first-order chi connectivity index (χ1) is 12.0. The molecule has 2 aromatic rings. The third-order valence-electron chi connectivity index (χ3n) is 3.79. The van der Waals surface area contributed by atoms with E-state index in [1.54, 1.807) is 0 Å². The van der Waals surface area contributed by atoms with Crippen LogP contribution < -0.4 is 10.1 Å². The van der Waals surface area contributed by atoms with E-state index in [1.165, 1.54) is 24.3 Å². The number of phenolic OH excluding ortho intramolecular Hbond substituents is 2. The first-order valence-electron chi connectivity index (χ1n) is 8.03. The van der Waals surface area contributed by atoms with Crippen molar-refractivity contribution in [1.29, 1.82) is 0 Å². The molecule has 0 spiro atoms. The number of aromatic hydroxyl groups is 2. The van der Waals surface area contributed by atoms with Gasteiger partial charge in [0.1, 0.15) is 12.4 Å². The van der Waals surface area contributed by atoms with Crippen LogP contribution >= 0.6 is 0 Å². The predicted octanol–water partition coefficient (Wildman–Crippen LogP) is 1.80. The van der Waals surface area contributed by atoms with Crippen LogP contribution in [0.3, 0.4) is 0 Å². The zero-order valence-corrected chi connectivity index (χ0v) is 13.9. The number of hydrogen-bond acceptors (Lipinski definition) is 7. The summed E-state index contributed by atoms with van der Waals surface area (Å²) in [6.07, 6.45) is 1.49. The molecule has 1 atom stereocenters. The molecule has 1 aromatic heterocycles. The van der Waals surface area contributed by atoms with E-state index >= 15 is 0 Å². The molecule has 8 nitrogen and oxygen atoms in total. The molecule has 0 fully saturated rings. The number of aliphatic hydroxyl groups is 1. The molecule has 25 heavy (non-hydrogen) atoms. The summed E-state index contributed by atoms with van der Waals surface area (Å²) in [5, 5.41) is 34.1. The fraction of sp³-hybridized carbons (Fsp3) is 0.412. The van der Waals surface area contributed by atoms with Gasteiger partial charge in [0.25, 0.3) is 5.91 Å². The Labute approximate surface area is 145 Å². The van der Waals surface area contributed by atoms with Crippen LogP contribution in [-0.4, -0.2) is 39.5 Å². The van der Waals surface area contributed by atoms with E-state index in [0.717, 1.165) is 6.42 Å². The van der Waals surface area contributed by atoms with Gasteiger partial charge in [0.05, 0.1) is 0 Å². The highest BCUT2D eigenvalue weighted by Crippen LogP contribution is 2.29. The predicted molar refractivity (Wildman–Crippen MR) is 88.4 cm³/mol. The Kier molecular flexibility index (Phi) is 6.64. The van der Waals surface area contributed by atoms with E-state index in [4.69, 9.17) is 14.4 Å². The first kappa shape index (κ1) is 18.6. The molecule has 0 saturated heterocycles. The maximum atomic E-state index is 12.0. The Morgan fingerprint density at radius 3 is 2.80 bits per heavy atom. The summed E-state index contributed by atoms with van der Waals surface area (Å²) in [6.45, 7) is 2.57. The van der Waals surface area contributed by atoms with Crippen molar-refractivity contribution in [3.05, 3.63) is 35.7 Å². The second-order valence-electron chi connectivity index (χ2n) is 5.61. The van der Waals surface area contributed by atoms with Gasteiger partial charge in [0.15, 0.2) is 23.0 Å². The summed E-state index contributed by atoms with van der Waals surface area (Å²) < 4.78 is 10.5. The van der Waals surface area contributed by atoms with Gasteiger partial charge in [0, 0.05) is 25.3 Å². The zero-order chi connectivity index (χ0) is 18.2. The van der Waals surface area contributed by atoms with Gasteiger partial charge in [-0.3, -0.25) is 4.79 Å². The molecule has 1 heterocycles. The fourth-order valence-electron chi connectivity index (χ4n) is 2.20. The molecule has 0 aliphatic carbocycles. The van der Waals surface area contributed by atoms with Crippen LogP contribution in [0.25, 0.3) is 0 Å². The molecular weight excluding hydrogens is 328 g/mol. The van der Waals surface area contributed by atoms with Crippen LogP contribution in [0.1, 0.15) is 36.0 Å². The second kappa shape index (κ2) is 8.93. The summed E-state index contributed by atoms with van der Waals surface area (Å²) in [5.41, 5.74) is 0.144. The van der Waals surface area contributed by atoms with Crippen LogP contribution in [0.15, 0.2) is 28.8 Å². The second-order valence-corrected chi connectivity index (χ2v) is 5.61. The molecule has 2 rings (SSSR count). The minimum atomic E-state index is -0.353.